The predicted octanol–water partition coefficient (Wildman–Crippen LogP) is 3.44. The van der Waals surface area contributed by atoms with Crippen molar-refractivity contribution in [2.24, 2.45) is 5.16 Å². The van der Waals surface area contributed by atoms with Crippen LogP contribution >= 0.6 is 15.9 Å². The zero-order valence-electron chi connectivity index (χ0n) is 11.0. The van der Waals surface area contributed by atoms with Crippen LogP contribution in [0.25, 0.3) is 0 Å². The quantitative estimate of drug-likeness (QED) is 0.473. The Bertz CT molecular complexity index is 654. The van der Waals surface area contributed by atoms with Crippen LogP contribution in [0, 0.1) is 0 Å². The number of oxime groups is 1. The van der Waals surface area contributed by atoms with Crippen molar-refractivity contribution in [1.29, 1.82) is 0 Å². The number of nitrogens with zero attached hydrogens (tertiary/aromatic N) is 1. The maximum atomic E-state index is 11.8. The first-order valence-electron chi connectivity index (χ1n) is 5.93. The Kier molecular flexibility index (Phi) is 4.29. The Labute approximate surface area is 124 Å². The van der Waals surface area contributed by atoms with Gasteiger partial charge in [-0.2, -0.15) is 0 Å². The first kappa shape index (κ1) is 14.4. The SMILES string of the molecule is CC1=CC(=NOC(=O)c2ccc(Br)cc2)C(C)=CC1=O. The smallest absolute Gasteiger partial charge is 0.312 e. The van der Waals surface area contributed by atoms with Crippen LogP contribution in [0.2, 0.25) is 0 Å². The molecule has 0 amide bonds. The standard InChI is InChI=1S/C15H12BrNO3/c1-9-8-14(18)10(2)7-13(9)17-20-15(19)11-3-5-12(16)6-4-11/h3-8H,1-2H3. The van der Waals surface area contributed by atoms with Crippen LogP contribution in [-0.2, 0) is 9.63 Å². The Morgan fingerprint density at radius 2 is 1.75 bits per heavy atom. The van der Waals surface area contributed by atoms with Crippen molar-refractivity contribution >= 4 is 33.4 Å². The molecule has 0 saturated heterocycles. The molecule has 102 valence electrons. The summed E-state index contributed by atoms with van der Waals surface area (Å²) in [5.74, 6) is -0.596. The van der Waals surface area contributed by atoms with Gasteiger partial charge in [0.05, 0.1) is 5.56 Å². The predicted molar refractivity (Wildman–Crippen MR) is 79.5 cm³/mol. The van der Waals surface area contributed by atoms with E-state index in [1.54, 1.807) is 44.2 Å². The minimum atomic E-state index is -0.541. The first-order chi connectivity index (χ1) is 9.47. The number of allylic oxidation sites excluding steroid dienone is 4. The van der Waals surface area contributed by atoms with Crippen molar-refractivity contribution in [3.63, 3.8) is 0 Å². The van der Waals surface area contributed by atoms with E-state index in [1.165, 1.54) is 6.08 Å². The Hall–Kier alpha value is -2.01. The third kappa shape index (κ3) is 3.30. The fourth-order valence-corrected chi connectivity index (χ4v) is 1.87. The molecule has 0 saturated carbocycles. The molecular formula is C15H12BrNO3. The summed E-state index contributed by atoms with van der Waals surface area (Å²) in [5, 5.41) is 3.81. The van der Waals surface area contributed by atoms with Gasteiger partial charge in [0.2, 0.25) is 0 Å². The molecule has 0 heterocycles. The average molecular weight is 334 g/mol. The van der Waals surface area contributed by atoms with Crippen LogP contribution in [-0.4, -0.2) is 17.5 Å². The van der Waals surface area contributed by atoms with E-state index in [0.29, 0.717) is 22.4 Å². The van der Waals surface area contributed by atoms with E-state index < -0.39 is 5.97 Å². The molecule has 0 aromatic heterocycles. The minimum absolute atomic E-state index is 0.0549. The highest BCUT2D eigenvalue weighted by molar-refractivity contribution is 9.10. The lowest BCUT2D eigenvalue weighted by atomic mass is 9.99. The van der Waals surface area contributed by atoms with E-state index in [9.17, 15) is 9.59 Å². The second-order valence-corrected chi connectivity index (χ2v) is 5.30. The van der Waals surface area contributed by atoms with Gasteiger partial charge in [-0.25, -0.2) is 4.79 Å². The van der Waals surface area contributed by atoms with Crippen LogP contribution in [0.4, 0.5) is 0 Å². The van der Waals surface area contributed by atoms with Crippen LogP contribution in [0.1, 0.15) is 24.2 Å². The van der Waals surface area contributed by atoms with Crippen molar-refractivity contribution in [3.8, 4) is 0 Å². The molecule has 1 aliphatic rings. The van der Waals surface area contributed by atoms with Crippen LogP contribution in [0.15, 0.2) is 57.2 Å². The third-order valence-corrected chi connectivity index (χ3v) is 3.33. The highest BCUT2D eigenvalue weighted by atomic mass is 79.9. The zero-order valence-corrected chi connectivity index (χ0v) is 12.6. The fourth-order valence-electron chi connectivity index (χ4n) is 1.60. The van der Waals surface area contributed by atoms with Crippen LogP contribution in [0.3, 0.4) is 0 Å². The van der Waals surface area contributed by atoms with Gasteiger partial charge in [0, 0.05) is 4.47 Å². The van der Waals surface area contributed by atoms with Crippen molar-refractivity contribution < 1.29 is 14.4 Å². The van der Waals surface area contributed by atoms with Gasteiger partial charge in [-0.3, -0.25) is 4.79 Å². The van der Waals surface area contributed by atoms with E-state index >= 15 is 0 Å². The van der Waals surface area contributed by atoms with Crippen molar-refractivity contribution in [1.82, 2.24) is 0 Å². The normalized spacial score (nSPS) is 16.8. The molecule has 0 fully saturated rings. The van der Waals surface area contributed by atoms with Gasteiger partial charge in [-0.05, 0) is 61.4 Å². The fraction of sp³-hybridized carbons (Fsp3) is 0.133. The van der Waals surface area contributed by atoms with Gasteiger partial charge < -0.3 is 4.84 Å². The Morgan fingerprint density at radius 1 is 1.10 bits per heavy atom. The largest absolute Gasteiger partial charge is 0.365 e. The maximum Gasteiger partial charge on any atom is 0.365 e. The molecule has 1 aliphatic carbocycles. The second kappa shape index (κ2) is 5.96. The van der Waals surface area contributed by atoms with Crippen LogP contribution < -0.4 is 0 Å². The molecular weight excluding hydrogens is 322 g/mol. The lowest BCUT2D eigenvalue weighted by Gasteiger charge is -2.08. The highest BCUT2D eigenvalue weighted by Crippen LogP contribution is 2.14. The van der Waals surface area contributed by atoms with Gasteiger partial charge in [0.1, 0.15) is 5.71 Å². The summed E-state index contributed by atoms with van der Waals surface area (Å²) in [4.78, 5) is 28.1. The van der Waals surface area contributed by atoms with Gasteiger partial charge in [0.15, 0.2) is 5.78 Å². The van der Waals surface area contributed by atoms with Crippen LogP contribution in [0.5, 0.6) is 0 Å². The monoisotopic (exact) mass is 333 g/mol. The molecule has 1 aromatic carbocycles. The molecule has 0 bridgehead atoms. The molecule has 1 aromatic rings. The molecule has 0 spiro atoms. The molecule has 0 atom stereocenters. The number of carbonyl (C=O) groups excluding carboxylic acids is 2. The average Bonchev–Trinajstić information content (AvgIpc) is 2.42. The van der Waals surface area contributed by atoms with E-state index in [2.05, 4.69) is 21.1 Å². The zero-order chi connectivity index (χ0) is 14.7. The van der Waals surface area contributed by atoms with E-state index in [-0.39, 0.29) is 5.78 Å². The third-order valence-electron chi connectivity index (χ3n) is 2.80. The van der Waals surface area contributed by atoms with Crippen molar-refractivity contribution in [3.05, 3.63) is 57.6 Å². The van der Waals surface area contributed by atoms with E-state index in [4.69, 9.17) is 4.84 Å². The molecule has 0 radical (unpaired) electrons. The minimum Gasteiger partial charge on any atom is -0.312 e. The highest BCUT2D eigenvalue weighted by Gasteiger charge is 2.14. The van der Waals surface area contributed by atoms with Gasteiger partial charge >= 0.3 is 5.97 Å². The molecule has 20 heavy (non-hydrogen) atoms. The summed E-state index contributed by atoms with van der Waals surface area (Å²) < 4.78 is 0.878. The number of halogens is 1. The molecule has 4 nitrogen and oxygen atoms in total. The maximum absolute atomic E-state index is 11.8. The van der Waals surface area contributed by atoms with E-state index in [0.717, 1.165) is 4.47 Å². The lowest BCUT2D eigenvalue weighted by molar-refractivity contribution is -0.111. The number of hydrogen-bond acceptors (Lipinski definition) is 4. The van der Waals surface area contributed by atoms with Gasteiger partial charge in [-0.1, -0.05) is 21.1 Å². The Morgan fingerprint density at radius 3 is 2.40 bits per heavy atom. The molecule has 0 aliphatic heterocycles. The number of carbonyl (C=O) groups is 2. The summed E-state index contributed by atoms with van der Waals surface area (Å²) in [6.45, 7) is 3.43. The lowest BCUT2D eigenvalue weighted by Crippen LogP contribution is -2.11. The summed E-state index contributed by atoms with van der Waals surface area (Å²) in [5.41, 5.74) is 2.12. The van der Waals surface area contributed by atoms with Gasteiger partial charge in [-0.15, -0.1) is 0 Å². The number of ketones is 1. The second-order valence-electron chi connectivity index (χ2n) is 4.38. The number of rotatable bonds is 2. The number of hydrogen-bond donors (Lipinski definition) is 0. The summed E-state index contributed by atoms with van der Waals surface area (Å²) in [6, 6.07) is 6.78. The van der Waals surface area contributed by atoms with Crippen molar-refractivity contribution in [2.75, 3.05) is 0 Å². The topological polar surface area (TPSA) is 55.7 Å². The summed E-state index contributed by atoms with van der Waals surface area (Å²) >= 11 is 3.29. The molecule has 5 heteroatoms. The molecule has 2 rings (SSSR count). The van der Waals surface area contributed by atoms with Gasteiger partial charge in [0.25, 0.3) is 0 Å². The Balaban J connectivity index is 2.13. The van der Waals surface area contributed by atoms with Crippen molar-refractivity contribution in [2.45, 2.75) is 13.8 Å². The molecule has 0 unspecified atom stereocenters. The summed E-state index contributed by atoms with van der Waals surface area (Å²) in [7, 11) is 0. The number of benzene rings is 1. The molecule has 0 N–H and O–H groups in total. The summed E-state index contributed by atoms with van der Waals surface area (Å²) in [6.07, 6.45) is 3.08. The van der Waals surface area contributed by atoms with E-state index in [1.807, 2.05) is 0 Å². The first-order valence-corrected chi connectivity index (χ1v) is 6.73.